The van der Waals surface area contributed by atoms with Gasteiger partial charge in [0.1, 0.15) is 11.4 Å². The second-order valence-corrected chi connectivity index (χ2v) is 8.88. The van der Waals surface area contributed by atoms with Gasteiger partial charge in [0.05, 0.1) is 21.1 Å². The van der Waals surface area contributed by atoms with E-state index in [4.69, 9.17) is 4.74 Å². The number of fused-ring (bicyclic) bond motifs is 1. The zero-order valence-corrected chi connectivity index (χ0v) is 16.3. The van der Waals surface area contributed by atoms with Gasteiger partial charge in [0, 0.05) is 13.1 Å². The molecule has 0 radical (unpaired) electrons. The van der Waals surface area contributed by atoms with Gasteiger partial charge in [0.25, 0.3) is 5.91 Å². The highest BCUT2D eigenvalue weighted by Gasteiger charge is 2.23. The number of carbonyl (C=O) groups excluding carboxylic acids is 1. The van der Waals surface area contributed by atoms with Crippen LogP contribution >= 0.6 is 27.3 Å². The average Bonchev–Trinajstić information content (AvgIpc) is 3.30. The van der Waals surface area contributed by atoms with Gasteiger partial charge < -0.3 is 14.6 Å². The second-order valence-electron chi connectivity index (χ2n) is 6.42. The molecule has 3 aromatic rings. The van der Waals surface area contributed by atoms with Gasteiger partial charge in [0.2, 0.25) is 0 Å². The SMILES string of the molecule is COc1ccc(Cn2c(C(=O)NCC3CC3)cc3sc(Br)cc32)cc1. The van der Waals surface area contributed by atoms with Gasteiger partial charge in [-0.3, -0.25) is 4.79 Å². The van der Waals surface area contributed by atoms with Crippen molar-refractivity contribution in [2.75, 3.05) is 13.7 Å². The summed E-state index contributed by atoms with van der Waals surface area (Å²) in [6.07, 6.45) is 2.46. The van der Waals surface area contributed by atoms with Crippen LogP contribution in [0.2, 0.25) is 0 Å². The highest BCUT2D eigenvalue weighted by molar-refractivity contribution is 9.11. The summed E-state index contributed by atoms with van der Waals surface area (Å²) in [4.78, 5) is 12.7. The molecule has 6 heteroatoms. The number of benzene rings is 1. The highest BCUT2D eigenvalue weighted by atomic mass is 79.9. The fourth-order valence-corrected chi connectivity index (χ4v) is 4.50. The fraction of sp³-hybridized carbons (Fsp3) is 0.316. The first-order valence-corrected chi connectivity index (χ1v) is 9.94. The smallest absolute Gasteiger partial charge is 0.267 e. The molecule has 1 aliphatic rings. The van der Waals surface area contributed by atoms with Crippen LogP contribution in [-0.2, 0) is 6.54 Å². The number of carbonyl (C=O) groups is 1. The number of hydrogen-bond donors (Lipinski definition) is 1. The molecule has 0 saturated heterocycles. The fourth-order valence-electron chi connectivity index (χ4n) is 2.93. The summed E-state index contributed by atoms with van der Waals surface area (Å²) in [6, 6.07) is 12.1. The maximum Gasteiger partial charge on any atom is 0.267 e. The lowest BCUT2D eigenvalue weighted by atomic mass is 10.2. The molecule has 4 rings (SSSR count). The van der Waals surface area contributed by atoms with Gasteiger partial charge in [-0.1, -0.05) is 12.1 Å². The van der Waals surface area contributed by atoms with E-state index in [9.17, 15) is 4.79 Å². The number of amides is 1. The summed E-state index contributed by atoms with van der Waals surface area (Å²) in [5.74, 6) is 1.52. The molecule has 1 aromatic carbocycles. The monoisotopic (exact) mass is 418 g/mol. The van der Waals surface area contributed by atoms with Crippen LogP contribution in [0.15, 0.2) is 40.2 Å². The minimum atomic E-state index is 0.0138. The van der Waals surface area contributed by atoms with Crippen LogP contribution in [0.4, 0.5) is 0 Å². The van der Waals surface area contributed by atoms with Gasteiger partial charge in [-0.05, 0) is 64.5 Å². The third-order valence-corrected chi connectivity index (χ3v) is 6.11. The van der Waals surface area contributed by atoms with Crippen LogP contribution in [0.25, 0.3) is 10.2 Å². The number of ether oxygens (including phenoxy) is 1. The summed E-state index contributed by atoms with van der Waals surface area (Å²) < 4.78 is 9.52. The van der Waals surface area contributed by atoms with E-state index in [1.165, 1.54) is 12.8 Å². The molecule has 0 unspecified atom stereocenters. The number of methoxy groups -OCH3 is 1. The first kappa shape index (κ1) is 16.7. The zero-order chi connectivity index (χ0) is 17.4. The van der Waals surface area contributed by atoms with Crippen molar-refractivity contribution in [3.63, 3.8) is 0 Å². The van der Waals surface area contributed by atoms with Crippen molar-refractivity contribution in [3.8, 4) is 5.75 Å². The van der Waals surface area contributed by atoms with E-state index in [1.54, 1.807) is 18.4 Å². The van der Waals surface area contributed by atoms with Gasteiger partial charge in [0.15, 0.2) is 0 Å². The van der Waals surface area contributed by atoms with Gasteiger partial charge in [-0.25, -0.2) is 0 Å². The molecule has 25 heavy (non-hydrogen) atoms. The lowest BCUT2D eigenvalue weighted by molar-refractivity contribution is 0.0943. The minimum absolute atomic E-state index is 0.0138. The number of hydrogen-bond acceptors (Lipinski definition) is 3. The van der Waals surface area contributed by atoms with Gasteiger partial charge in [-0.15, -0.1) is 11.3 Å². The zero-order valence-electron chi connectivity index (χ0n) is 13.9. The summed E-state index contributed by atoms with van der Waals surface area (Å²) in [5, 5.41) is 3.08. The van der Waals surface area contributed by atoms with Crippen molar-refractivity contribution < 1.29 is 9.53 Å². The van der Waals surface area contributed by atoms with E-state index in [-0.39, 0.29) is 5.91 Å². The molecule has 1 amide bonds. The van der Waals surface area contributed by atoms with E-state index in [1.807, 2.05) is 30.3 Å². The van der Waals surface area contributed by atoms with E-state index >= 15 is 0 Å². The molecule has 1 N–H and O–H groups in total. The van der Waals surface area contributed by atoms with Crippen LogP contribution < -0.4 is 10.1 Å². The molecule has 0 spiro atoms. The molecule has 130 valence electrons. The number of nitrogens with zero attached hydrogens (tertiary/aromatic N) is 1. The molecular formula is C19H19BrN2O2S. The lowest BCUT2D eigenvalue weighted by Gasteiger charge is -2.11. The molecule has 1 saturated carbocycles. The van der Waals surface area contributed by atoms with E-state index < -0.39 is 0 Å². The number of aromatic nitrogens is 1. The quantitative estimate of drug-likeness (QED) is 0.632. The Labute approximate surface area is 158 Å². The van der Waals surface area contributed by atoms with Crippen LogP contribution in [-0.4, -0.2) is 24.1 Å². The van der Waals surface area contributed by atoms with E-state index in [0.29, 0.717) is 12.5 Å². The number of thiophene rings is 1. The normalized spacial score (nSPS) is 14.0. The first-order valence-electron chi connectivity index (χ1n) is 8.34. The van der Waals surface area contributed by atoms with E-state index in [2.05, 4.69) is 31.9 Å². The first-order chi connectivity index (χ1) is 12.1. The van der Waals surface area contributed by atoms with Crippen LogP contribution in [0, 0.1) is 5.92 Å². The second kappa shape index (κ2) is 6.84. The predicted octanol–water partition coefficient (Wildman–Crippen LogP) is 4.66. The standard InChI is InChI=1S/C19H19BrN2O2S/c1-24-14-6-4-13(5-7-14)11-22-15-9-18(20)25-17(15)8-16(22)19(23)21-10-12-2-3-12/h4-9,12H,2-3,10-11H2,1H3,(H,21,23). The summed E-state index contributed by atoms with van der Waals surface area (Å²) in [6.45, 7) is 1.44. The number of halogens is 1. The largest absolute Gasteiger partial charge is 0.497 e. The van der Waals surface area contributed by atoms with Crippen molar-refractivity contribution in [2.45, 2.75) is 19.4 Å². The molecule has 4 nitrogen and oxygen atoms in total. The maximum atomic E-state index is 12.7. The van der Waals surface area contributed by atoms with Crippen molar-refractivity contribution in [2.24, 2.45) is 5.92 Å². The maximum absolute atomic E-state index is 12.7. The third kappa shape index (κ3) is 3.60. The molecule has 1 fully saturated rings. The lowest BCUT2D eigenvalue weighted by Crippen LogP contribution is -2.27. The summed E-state index contributed by atoms with van der Waals surface area (Å²) in [5.41, 5.74) is 2.95. The third-order valence-electron chi connectivity index (χ3n) is 4.54. The summed E-state index contributed by atoms with van der Waals surface area (Å²) in [7, 11) is 1.66. The van der Waals surface area contributed by atoms with Crippen molar-refractivity contribution in [3.05, 3.63) is 51.4 Å². The van der Waals surface area contributed by atoms with E-state index in [0.717, 1.165) is 37.6 Å². The predicted molar refractivity (Wildman–Crippen MR) is 105 cm³/mol. The molecule has 0 atom stereocenters. The minimum Gasteiger partial charge on any atom is -0.497 e. The topological polar surface area (TPSA) is 43.3 Å². The van der Waals surface area contributed by atoms with Crippen molar-refractivity contribution in [1.82, 2.24) is 9.88 Å². The Morgan fingerprint density at radius 2 is 2.08 bits per heavy atom. The Balaban J connectivity index is 1.65. The number of nitrogens with one attached hydrogen (secondary N) is 1. The molecular weight excluding hydrogens is 400 g/mol. The van der Waals surface area contributed by atoms with Crippen LogP contribution in [0.1, 0.15) is 28.9 Å². The molecule has 2 aromatic heterocycles. The van der Waals surface area contributed by atoms with Gasteiger partial charge >= 0.3 is 0 Å². The number of rotatable bonds is 6. The average molecular weight is 419 g/mol. The Morgan fingerprint density at radius 3 is 2.76 bits per heavy atom. The van der Waals surface area contributed by atoms with Gasteiger partial charge in [-0.2, -0.15) is 0 Å². The molecule has 2 heterocycles. The molecule has 0 bridgehead atoms. The Hall–Kier alpha value is -1.79. The highest BCUT2D eigenvalue weighted by Crippen LogP contribution is 2.33. The summed E-state index contributed by atoms with van der Waals surface area (Å²) >= 11 is 5.20. The molecule has 1 aliphatic carbocycles. The Bertz CT molecular complexity index is 910. The Kier molecular flexibility index (Phi) is 4.56. The molecule has 0 aliphatic heterocycles. The van der Waals surface area contributed by atoms with Crippen molar-refractivity contribution in [1.29, 1.82) is 0 Å². The van der Waals surface area contributed by atoms with Crippen LogP contribution in [0.3, 0.4) is 0 Å². The van der Waals surface area contributed by atoms with Crippen molar-refractivity contribution >= 4 is 43.4 Å². The Morgan fingerprint density at radius 1 is 1.32 bits per heavy atom. The van der Waals surface area contributed by atoms with Crippen LogP contribution in [0.5, 0.6) is 5.75 Å².